The predicted octanol–water partition coefficient (Wildman–Crippen LogP) is 2.94. The number of amides is 1. The number of carbonyl (C=O) groups is 1. The second-order valence-electron chi connectivity index (χ2n) is 4.95. The Morgan fingerprint density at radius 2 is 1.90 bits per heavy atom. The molecule has 1 aliphatic heterocycles. The van der Waals surface area contributed by atoms with Crippen molar-refractivity contribution in [2.75, 3.05) is 0 Å². The number of benzene rings is 2. The molecule has 0 N–H and O–H groups in total. The van der Waals surface area contributed by atoms with Crippen molar-refractivity contribution in [3.63, 3.8) is 0 Å². The average Bonchev–Trinajstić information content (AvgIpc) is 2.60. The smallest absolute Gasteiger partial charge is 0.268 e. The van der Waals surface area contributed by atoms with E-state index in [0.29, 0.717) is 0 Å². The Hall–Kier alpha value is -1.41. The fourth-order valence-electron chi connectivity index (χ4n) is 2.39. The quantitative estimate of drug-likeness (QED) is 0.712. The molecule has 2 aromatic rings. The van der Waals surface area contributed by atoms with Crippen LogP contribution < -0.4 is 0 Å². The van der Waals surface area contributed by atoms with Crippen molar-refractivity contribution in [2.45, 2.75) is 18.4 Å². The molecule has 0 spiro atoms. The van der Waals surface area contributed by atoms with Gasteiger partial charge in [0, 0.05) is 3.57 Å². The van der Waals surface area contributed by atoms with E-state index in [9.17, 15) is 13.2 Å². The Balaban J connectivity index is 2.04. The zero-order chi connectivity index (χ0) is 15.2. The van der Waals surface area contributed by atoms with Gasteiger partial charge in [0.2, 0.25) is 0 Å². The largest absolute Gasteiger partial charge is 0.269 e. The van der Waals surface area contributed by atoms with Crippen LogP contribution in [0.5, 0.6) is 0 Å². The highest BCUT2D eigenvalue weighted by Gasteiger charge is 2.41. The summed E-state index contributed by atoms with van der Waals surface area (Å²) in [5.74, 6) is -0.454. The van der Waals surface area contributed by atoms with Crippen molar-refractivity contribution < 1.29 is 13.2 Å². The second-order valence-corrected chi connectivity index (χ2v) is 8.02. The van der Waals surface area contributed by atoms with Crippen LogP contribution in [0.3, 0.4) is 0 Å². The molecule has 2 aromatic carbocycles. The highest BCUT2D eigenvalue weighted by atomic mass is 127. The number of rotatable bonds is 2. The van der Waals surface area contributed by atoms with E-state index in [-0.39, 0.29) is 17.0 Å². The van der Waals surface area contributed by atoms with Gasteiger partial charge >= 0.3 is 0 Å². The summed E-state index contributed by atoms with van der Waals surface area (Å²) in [5.41, 5.74) is 2.09. The first kappa shape index (κ1) is 14.5. The summed E-state index contributed by atoms with van der Waals surface area (Å²) in [7, 11) is -3.74. The molecule has 0 aromatic heterocycles. The van der Waals surface area contributed by atoms with Crippen molar-refractivity contribution in [3.8, 4) is 0 Å². The van der Waals surface area contributed by atoms with Crippen LogP contribution in [0.1, 0.15) is 21.5 Å². The first-order valence-electron chi connectivity index (χ1n) is 6.32. The van der Waals surface area contributed by atoms with Gasteiger partial charge in [0.15, 0.2) is 0 Å². The Labute approximate surface area is 137 Å². The maximum atomic E-state index is 12.5. The minimum atomic E-state index is -3.74. The molecular weight excluding hydrogens is 401 g/mol. The molecule has 3 rings (SSSR count). The molecule has 0 aliphatic carbocycles. The summed E-state index contributed by atoms with van der Waals surface area (Å²) < 4.78 is 26.8. The van der Waals surface area contributed by atoms with Crippen LogP contribution in [0.25, 0.3) is 0 Å². The van der Waals surface area contributed by atoms with Gasteiger partial charge in [-0.05, 0) is 53.3 Å². The van der Waals surface area contributed by atoms with Crippen LogP contribution in [-0.4, -0.2) is 18.6 Å². The van der Waals surface area contributed by atoms with Gasteiger partial charge in [0.25, 0.3) is 15.9 Å². The number of hydrogen-bond donors (Lipinski definition) is 0. The highest BCUT2D eigenvalue weighted by molar-refractivity contribution is 14.1. The lowest BCUT2D eigenvalue weighted by atomic mass is 10.1. The summed E-state index contributed by atoms with van der Waals surface area (Å²) >= 11 is 2.06. The Morgan fingerprint density at radius 3 is 2.62 bits per heavy atom. The lowest BCUT2D eigenvalue weighted by Gasteiger charge is -2.15. The van der Waals surface area contributed by atoms with E-state index in [1.807, 2.05) is 31.2 Å². The lowest BCUT2D eigenvalue weighted by molar-refractivity contribution is 0.0865. The molecule has 1 amide bonds. The van der Waals surface area contributed by atoms with Crippen molar-refractivity contribution in [1.29, 1.82) is 0 Å². The first-order chi connectivity index (χ1) is 9.89. The molecule has 6 heteroatoms. The number of fused-ring (bicyclic) bond motifs is 1. The molecule has 21 heavy (non-hydrogen) atoms. The first-order valence-corrected chi connectivity index (χ1v) is 8.83. The molecule has 0 fully saturated rings. The van der Waals surface area contributed by atoms with Gasteiger partial charge < -0.3 is 0 Å². The molecular formula is C15H12INO3S. The molecule has 0 saturated heterocycles. The topological polar surface area (TPSA) is 54.5 Å². The maximum Gasteiger partial charge on any atom is 0.269 e. The Bertz CT molecular complexity index is 846. The van der Waals surface area contributed by atoms with Gasteiger partial charge in [0.1, 0.15) is 4.90 Å². The summed E-state index contributed by atoms with van der Waals surface area (Å²) in [6.45, 7) is 2.00. The highest BCUT2D eigenvalue weighted by Crippen LogP contribution is 2.32. The van der Waals surface area contributed by atoms with Crippen molar-refractivity contribution in [2.24, 2.45) is 0 Å². The SMILES string of the molecule is Cc1cccc(CN2C(=O)c3cc(I)ccc3S2(=O)=O)c1. The minimum absolute atomic E-state index is 0.0636. The van der Waals surface area contributed by atoms with Gasteiger partial charge in [-0.2, -0.15) is 0 Å². The van der Waals surface area contributed by atoms with Crippen LogP contribution >= 0.6 is 22.6 Å². The maximum absolute atomic E-state index is 12.5. The summed E-state index contributed by atoms with van der Waals surface area (Å²) in [5, 5.41) is 0. The standard InChI is InChI=1S/C15H12INO3S/c1-10-3-2-4-11(7-10)9-17-15(18)13-8-12(16)5-6-14(13)21(17,19)20/h2-8H,9H2,1H3. The molecule has 0 radical (unpaired) electrons. The van der Waals surface area contributed by atoms with E-state index in [1.54, 1.807) is 12.1 Å². The van der Waals surface area contributed by atoms with Crippen molar-refractivity contribution in [1.82, 2.24) is 4.31 Å². The third kappa shape index (κ3) is 2.46. The number of hydrogen-bond acceptors (Lipinski definition) is 3. The van der Waals surface area contributed by atoms with Crippen molar-refractivity contribution >= 4 is 38.5 Å². The molecule has 1 heterocycles. The third-order valence-corrected chi connectivity index (χ3v) is 5.83. The summed E-state index contributed by atoms with van der Waals surface area (Å²) in [4.78, 5) is 12.5. The number of aryl methyl sites for hydroxylation is 1. The Morgan fingerprint density at radius 1 is 1.14 bits per heavy atom. The number of sulfonamides is 1. The molecule has 0 saturated carbocycles. The monoisotopic (exact) mass is 413 g/mol. The second kappa shape index (κ2) is 5.10. The number of nitrogens with zero attached hydrogens (tertiary/aromatic N) is 1. The van der Waals surface area contributed by atoms with E-state index in [4.69, 9.17) is 0 Å². The summed E-state index contributed by atoms with van der Waals surface area (Å²) in [6, 6.07) is 12.3. The van der Waals surface area contributed by atoms with Gasteiger partial charge in [-0.3, -0.25) is 4.79 Å². The van der Waals surface area contributed by atoms with Crippen LogP contribution in [-0.2, 0) is 16.6 Å². The van der Waals surface area contributed by atoms with Crippen LogP contribution in [0.2, 0.25) is 0 Å². The molecule has 108 valence electrons. The van der Waals surface area contributed by atoms with Gasteiger partial charge in [-0.1, -0.05) is 29.8 Å². The van der Waals surface area contributed by atoms with Gasteiger partial charge in [0.05, 0.1) is 12.1 Å². The van der Waals surface area contributed by atoms with Gasteiger partial charge in [-0.15, -0.1) is 0 Å². The number of carbonyl (C=O) groups excluding carboxylic acids is 1. The molecule has 1 aliphatic rings. The van der Waals surface area contributed by atoms with Gasteiger partial charge in [-0.25, -0.2) is 12.7 Å². The zero-order valence-electron chi connectivity index (χ0n) is 11.2. The number of halogens is 1. The van der Waals surface area contributed by atoms with Crippen LogP contribution in [0.4, 0.5) is 0 Å². The van der Waals surface area contributed by atoms with Crippen LogP contribution in [0, 0.1) is 10.5 Å². The fourth-order valence-corrected chi connectivity index (χ4v) is 4.42. The minimum Gasteiger partial charge on any atom is -0.268 e. The Kier molecular flexibility index (Phi) is 3.53. The summed E-state index contributed by atoms with van der Waals surface area (Å²) in [6.07, 6.45) is 0. The normalized spacial score (nSPS) is 16.1. The van der Waals surface area contributed by atoms with E-state index in [2.05, 4.69) is 22.6 Å². The molecule has 4 nitrogen and oxygen atoms in total. The van der Waals surface area contributed by atoms with E-state index in [1.165, 1.54) is 6.07 Å². The van der Waals surface area contributed by atoms with E-state index in [0.717, 1.165) is 19.0 Å². The zero-order valence-corrected chi connectivity index (χ0v) is 14.2. The average molecular weight is 413 g/mol. The predicted molar refractivity (Wildman–Crippen MR) is 87.4 cm³/mol. The lowest BCUT2D eigenvalue weighted by Crippen LogP contribution is -2.29. The van der Waals surface area contributed by atoms with Crippen molar-refractivity contribution in [3.05, 3.63) is 62.7 Å². The van der Waals surface area contributed by atoms with E-state index < -0.39 is 15.9 Å². The fraction of sp³-hybridized carbons (Fsp3) is 0.133. The molecule has 0 bridgehead atoms. The molecule has 0 unspecified atom stereocenters. The third-order valence-electron chi connectivity index (χ3n) is 3.38. The van der Waals surface area contributed by atoms with Crippen LogP contribution in [0.15, 0.2) is 47.4 Å². The van der Waals surface area contributed by atoms with E-state index >= 15 is 0 Å². The molecule has 0 atom stereocenters.